The van der Waals surface area contributed by atoms with Gasteiger partial charge in [-0.25, -0.2) is 0 Å². The van der Waals surface area contributed by atoms with Gasteiger partial charge in [0.15, 0.2) is 0 Å². The largest absolute Gasteiger partial charge is 0.387 e. The standard InChI is InChI=1S/C40H77NO6S/c1-3-5-7-9-11-13-15-17-18-19-20-21-22-23-25-27-29-31-33-35-39(43)40(44)41-37(36-48(45,46)47)38(42)34-32-30-28-26-24-16-14-12-10-8-6-4-2/h24,26,32,34,37-39,42-43H,3-23,25,27-31,33,35-36H2,1-2H3,(H,41,44)(H,45,46,47)/b26-24+,34-32+. The van der Waals surface area contributed by atoms with E-state index in [1.165, 1.54) is 141 Å². The molecule has 7 nitrogen and oxygen atoms in total. The highest BCUT2D eigenvalue weighted by molar-refractivity contribution is 7.85. The molecular formula is C40H77NO6S. The third-order valence-electron chi connectivity index (χ3n) is 9.24. The van der Waals surface area contributed by atoms with Crippen LogP contribution in [-0.4, -0.2) is 53.1 Å². The lowest BCUT2D eigenvalue weighted by Crippen LogP contribution is -2.50. The molecule has 0 aliphatic rings. The number of aliphatic hydroxyl groups is 2. The smallest absolute Gasteiger partial charge is 0.267 e. The first-order valence-corrected chi connectivity index (χ1v) is 21.8. The van der Waals surface area contributed by atoms with Crippen LogP contribution in [0.1, 0.15) is 200 Å². The van der Waals surface area contributed by atoms with Crippen LogP contribution in [0.2, 0.25) is 0 Å². The van der Waals surface area contributed by atoms with Gasteiger partial charge in [-0.1, -0.05) is 192 Å². The molecule has 4 N–H and O–H groups in total. The maximum absolute atomic E-state index is 12.6. The minimum atomic E-state index is -4.44. The van der Waals surface area contributed by atoms with Gasteiger partial charge >= 0.3 is 0 Å². The van der Waals surface area contributed by atoms with Gasteiger partial charge < -0.3 is 15.5 Å². The van der Waals surface area contributed by atoms with Gasteiger partial charge in [-0.15, -0.1) is 0 Å². The zero-order valence-electron chi connectivity index (χ0n) is 31.2. The third kappa shape index (κ3) is 33.3. The molecule has 0 radical (unpaired) electrons. The topological polar surface area (TPSA) is 124 Å². The van der Waals surface area contributed by atoms with Crippen molar-refractivity contribution < 1.29 is 28.0 Å². The Labute approximate surface area is 297 Å². The van der Waals surface area contributed by atoms with Gasteiger partial charge in [0, 0.05) is 0 Å². The Morgan fingerprint density at radius 2 is 0.938 bits per heavy atom. The van der Waals surface area contributed by atoms with Crippen molar-refractivity contribution in [3.05, 3.63) is 24.3 Å². The molecule has 284 valence electrons. The first kappa shape index (κ1) is 46.8. The van der Waals surface area contributed by atoms with Crippen LogP contribution in [0.5, 0.6) is 0 Å². The summed E-state index contributed by atoms with van der Waals surface area (Å²) < 4.78 is 32.4. The zero-order valence-corrected chi connectivity index (χ0v) is 32.0. The second kappa shape index (κ2) is 34.2. The molecule has 1 amide bonds. The molecule has 0 spiro atoms. The van der Waals surface area contributed by atoms with Crippen LogP contribution < -0.4 is 5.32 Å². The fourth-order valence-electron chi connectivity index (χ4n) is 6.12. The van der Waals surface area contributed by atoms with Crippen LogP contribution >= 0.6 is 0 Å². The van der Waals surface area contributed by atoms with E-state index in [0.29, 0.717) is 12.8 Å². The normalized spacial score (nSPS) is 14.2. The van der Waals surface area contributed by atoms with Crippen LogP contribution in [0.15, 0.2) is 24.3 Å². The molecule has 3 unspecified atom stereocenters. The predicted octanol–water partition coefficient (Wildman–Crippen LogP) is 10.5. The Hall–Kier alpha value is -1.22. The summed E-state index contributed by atoms with van der Waals surface area (Å²) in [5.74, 6) is -1.55. The van der Waals surface area contributed by atoms with E-state index in [1.807, 2.05) is 0 Å². The Balaban J connectivity index is 4.01. The van der Waals surface area contributed by atoms with E-state index in [0.717, 1.165) is 32.1 Å². The van der Waals surface area contributed by atoms with E-state index in [1.54, 1.807) is 6.08 Å². The average Bonchev–Trinajstić information content (AvgIpc) is 3.05. The molecule has 3 atom stereocenters. The molecule has 0 fully saturated rings. The number of hydrogen-bond acceptors (Lipinski definition) is 5. The molecule has 0 aromatic carbocycles. The quantitative estimate of drug-likeness (QED) is 0.0293. The summed E-state index contributed by atoms with van der Waals surface area (Å²) in [5.41, 5.74) is 0. The van der Waals surface area contributed by atoms with Crippen molar-refractivity contribution in [3.63, 3.8) is 0 Å². The summed E-state index contributed by atoms with van der Waals surface area (Å²) >= 11 is 0. The number of nitrogens with one attached hydrogen (secondary N) is 1. The molecule has 0 saturated carbocycles. The fraction of sp³-hybridized carbons (Fsp3) is 0.875. The molecule has 0 rings (SSSR count). The summed E-state index contributed by atoms with van der Waals surface area (Å²) in [7, 11) is -4.44. The van der Waals surface area contributed by atoms with Gasteiger partial charge in [0.2, 0.25) is 5.91 Å². The number of carbonyl (C=O) groups is 1. The molecule has 8 heteroatoms. The second-order valence-electron chi connectivity index (χ2n) is 14.1. The number of hydrogen-bond donors (Lipinski definition) is 4. The minimum Gasteiger partial charge on any atom is -0.387 e. The van der Waals surface area contributed by atoms with Crippen LogP contribution in [0.3, 0.4) is 0 Å². The summed E-state index contributed by atoms with van der Waals surface area (Å²) in [5, 5.41) is 23.3. The molecule has 0 saturated heterocycles. The monoisotopic (exact) mass is 700 g/mol. The van der Waals surface area contributed by atoms with Gasteiger partial charge in [-0.3, -0.25) is 9.35 Å². The van der Waals surface area contributed by atoms with Crippen LogP contribution in [0, 0.1) is 0 Å². The van der Waals surface area contributed by atoms with E-state index in [2.05, 4.69) is 31.3 Å². The highest BCUT2D eigenvalue weighted by Gasteiger charge is 2.27. The summed E-state index contributed by atoms with van der Waals surface area (Å²) in [4.78, 5) is 12.6. The lowest BCUT2D eigenvalue weighted by molar-refractivity contribution is -0.130. The fourth-order valence-corrected chi connectivity index (χ4v) is 6.85. The number of allylic oxidation sites excluding steroid dienone is 3. The molecule has 0 aliphatic heterocycles. The van der Waals surface area contributed by atoms with Gasteiger partial charge in [0.1, 0.15) is 6.10 Å². The highest BCUT2D eigenvalue weighted by atomic mass is 32.2. The number of amides is 1. The predicted molar refractivity (Wildman–Crippen MR) is 204 cm³/mol. The summed E-state index contributed by atoms with van der Waals surface area (Å²) in [6.45, 7) is 4.49. The van der Waals surface area contributed by atoms with E-state index in [9.17, 15) is 28.0 Å². The Bertz CT molecular complexity index is 875. The Morgan fingerprint density at radius 1 is 0.562 bits per heavy atom. The third-order valence-corrected chi connectivity index (χ3v) is 10.0. The zero-order chi connectivity index (χ0) is 35.6. The van der Waals surface area contributed by atoms with Crippen molar-refractivity contribution in [2.75, 3.05) is 5.75 Å². The maximum atomic E-state index is 12.6. The van der Waals surface area contributed by atoms with Gasteiger partial charge in [-0.05, 0) is 32.1 Å². The molecule has 0 heterocycles. The summed E-state index contributed by atoms with van der Waals surface area (Å²) in [6.07, 6.45) is 39.5. The van der Waals surface area contributed by atoms with Crippen molar-refractivity contribution in [1.29, 1.82) is 0 Å². The Morgan fingerprint density at radius 3 is 1.38 bits per heavy atom. The van der Waals surface area contributed by atoms with Crippen molar-refractivity contribution in [1.82, 2.24) is 5.32 Å². The number of carbonyl (C=O) groups excluding carboxylic acids is 1. The second-order valence-corrected chi connectivity index (χ2v) is 15.6. The minimum absolute atomic E-state index is 0.278. The number of aliphatic hydroxyl groups excluding tert-OH is 2. The number of unbranched alkanes of at least 4 members (excludes halogenated alkanes) is 25. The molecule has 0 aromatic heterocycles. The van der Waals surface area contributed by atoms with Crippen molar-refractivity contribution >= 4 is 16.0 Å². The SMILES string of the molecule is CCCCCCCC/C=C/CC/C=C/C(O)C(CS(=O)(=O)O)NC(=O)C(O)CCCCCCCCCCCCCCCCCCCCC. The Kier molecular flexibility index (Phi) is 33.4. The average molecular weight is 700 g/mol. The van der Waals surface area contributed by atoms with E-state index >= 15 is 0 Å². The van der Waals surface area contributed by atoms with Crippen molar-refractivity contribution in [3.8, 4) is 0 Å². The van der Waals surface area contributed by atoms with Crippen LogP contribution in [0.4, 0.5) is 0 Å². The molecule has 0 aliphatic carbocycles. The van der Waals surface area contributed by atoms with Crippen molar-refractivity contribution in [2.45, 2.75) is 218 Å². The molecule has 0 bridgehead atoms. The van der Waals surface area contributed by atoms with Crippen LogP contribution in [0.25, 0.3) is 0 Å². The summed E-state index contributed by atoms with van der Waals surface area (Å²) in [6, 6.07) is -1.24. The number of rotatable bonds is 36. The van der Waals surface area contributed by atoms with E-state index in [-0.39, 0.29) is 6.42 Å². The van der Waals surface area contributed by atoms with Gasteiger partial charge in [0.25, 0.3) is 10.1 Å². The first-order valence-electron chi connectivity index (χ1n) is 20.1. The lowest BCUT2D eigenvalue weighted by atomic mass is 10.0. The highest BCUT2D eigenvalue weighted by Crippen LogP contribution is 2.15. The first-order chi connectivity index (χ1) is 23.2. The van der Waals surface area contributed by atoms with Gasteiger partial charge in [-0.2, -0.15) is 8.42 Å². The van der Waals surface area contributed by atoms with Crippen molar-refractivity contribution in [2.24, 2.45) is 0 Å². The van der Waals surface area contributed by atoms with Crippen LogP contribution in [-0.2, 0) is 14.9 Å². The molecule has 48 heavy (non-hydrogen) atoms. The van der Waals surface area contributed by atoms with E-state index < -0.39 is 40.0 Å². The molecule has 0 aromatic rings. The maximum Gasteiger partial charge on any atom is 0.267 e. The lowest BCUT2D eigenvalue weighted by Gasteiger charge is -2.22. The molecular weight excluding hydrogens is 623 g/mol. The van der Waals surface area contributed by atoms with Gasteiger partial charge in [0.05, 0.1) is 17.9 Å². The van der Waals surface area contributed by atoms with E-state index in [4.69, 9.17) is 0 Å².